The number of fused-ring (bicyclic) bond motifs is 1. The van der Waals surface area contributed by atoms with Gasteiger partial charge in [-0.15, -0.1) is 11.3 Å². The largest absolute Gasteiger partial charge is 0.339 e. The highest BCUT2D eigenvalue weighted by atomic mass is 32.2. The van der Waals surface area contributed by atoms with Crippen molar-refractivity contribution in [3.63, 3.8) is 0 Å². The molecule has 2 aromatic rings. The van der Waals surface area contributed by atoms with Crippen LogP contribution in [0.15, 0.2) is 24.3 Å². The van der Waals surface area contributed by atoms with Crippen LogP contribution in [0.4, 0.5) is 0 Å². The normalized spacial score (nSPS) is 19.6. The number of aromatic nitrogens is 1. The van der Waals surface area contributed by atoms with Crippen LogP contribution in [0.1, 0.15) is 31.2 Å². The Balaban J connectivity index is 1.54. The summed E-state index contributed by atoms with van der Waals surface area (Å²) in [6.45, 7) is 2.48. The zero-order valence-electron chi connectivity index (χ0n) is 13.8. The van der Waals surface area contributed by atoms with Crippen molar-refractivity contribution in [1.82, 2.24) is 9.88 Å². The molecule has 7 heteroatoms. The second kappa shape index (κ2) is 7.19. The van der Waals surface area contributed by atoms with Gasteiger partial charge in [-0.2, -0.15) is 0 Å². The van der Waals surface area contributed by atoms with Crippen LogP contribution in [0.5, 0.6) is 0 Å². The molecule has 1 aliphatic heterocycles. The first-order valence-electron chi connectivity index (χ1n) is 8.33. The maximum Gasteiger partial charge on any atom is 0.222 e. The Morgan fingerprint density at radius 1 is 1.38 bits per heavy atom. The molecule has 5 nitrogen and oxygen atoms in total. The quantitative estimate of drug-likeness (QED) is 0.788. The predicted molar refractivity (Wildman–Crippen MR) is 97.0 cm³/mol. The van der Waals surface area contributed by atoms with E-state index < -0.39 is 9.84 Å². The number of rotatable bonds is 6. The second-order valence-electron chi connectivity index (χ2n) is 6.17. The molecule has 130 valence electrons. The van der Waals surface area contributed by atoms with Gasteiger partial charge in [-0.25, -0.2) is 13.4 Å². The van der Waals surface area contributed by atoms with Crippen LogP contribution < -0.4 is 0 Å². The van der Waals surface area contributed by atoms with E-state index in [1.165, 1.54) is 4.70 Å². The van der Waals surface area contributed by atoms with E-state index in [4.69, 9.17) is 0 Å². The summed E-state index contributed by atoms with van der Waals surface area (Å²) in [5.41, 5.74) is 1.01. The Labute approximate surface area is 146 Å². The molecule has 0 aliphatic carbocycles. The molecule has 1 fully saturated rings. The van der Waals surface area contributed by atoms with E-state index in [0.717, 1.165) is 23.4 Å². The van der Waals surface area contributed by atoms with Gasteiger partial charge in [-0.1, -0.05) is 12.1 Å². The second-order valence-corrected chi connectivity index (χ2v) is 9.51. The first-order valence-corrected chi connectivity index (χ1v) is 11.0. The highest BCUT2D eigenvalue weighted by molar-refractivity contribution is 7.91. The summed E-state index contributed by atoms with van der Waals surface area (Å²) in [5.74, 6) is 0.373. The molecule has 1 aromatic carbocycles. The van der Waals surface area contributed by atoms with Gasteiger partial charge in [0, 0.05) is 19.0 Å². The average Bonchev–Trinajstić information content (AvgIpc) is 3.10. The van der Waals surface area contributed by atoms with Crippen molar-refractivity contribution in [3.8, 4) is 0 Å². The fourth-order valence-electron chi connectivity index (χ4n) is 3.22. The lowest BCUT2D eigenvalue weighted by molar-refractivity contribution is -0.132. The molecule has 1 saturated heterocycles. The minimum absolute atomic E-state index is 0.0562. The van der Waals surface area contributed by atoms with Crippen LogP contribution in [-0.2, 0) is 21.1 Å². The van der Waals surface area contributed by atoms with E-state index in [1.54, 1.807) is 16.2 Å². The Hall–Kier alpha value is -1.47. The molecule has 0 bridgehead atoms. The number of amides is 1. The molecule has 2 heterocycles. The number of benzene rings is 1. The summed E-state index contributed by atoms with van der Waals surface area (Å²) in [5, 5.41) is 1.05. The third-order valence-corrected chi connectivity index (χ3v) is 7.28. The number of para-hydroxylation sites is 1. The molecule has 0 saturated carbocycles. The lowest BCUT2D eigenvalue weighted by Crippen LogP contribution is -2.40. The fraction of sp³-hybridized carbons (Fsp3) is 0.529. The van der Waals surface area contributed by atoms with Gasteiger partial charge in [0.2, 0.25) is 5.91 Å². The molecular weight excluding hydrogens is 344 g/mol. The van der Waals surface area contributed by atoms with Gasteiger partial charge in [0.1, 0.15) is 0 Å². The SMILES string of the molecule is CCN(C(=O)CCCc1nc2ccccc2s1)C1CCS(=O)(=O)C1. The maximum absolute atomic E-state index is 12.4. The summed E-state index contributed by atoms with van der Waals surface area (Å²) < 4.78 is 24.4. The number of carbonyl (C=O) groups excluding carboxylic acids is 1. The predicted octanol–water partition coefficient (Wildman–Crippen LogP) is 2.65. The standard InChI is InChI=1S/C17H22N2O3S2/c1-2-19(13-10-11-24(21,22)12-13)17(20)9-5-8-16-18-14-6-3-4-7-15(14)23-16/h3-4,6-7,13H,2,5,8-12H2,1H3. The van der Waals surface area contributed by atoms with E-state index in [9.17, 15) is 13.2 Å². The zero-order chi connectivity index (χ0) is 17.2. The van der Waals surface area contributed by atoms with Crippen molar-refractivity contribution in [1.29, 1.82) is 0 Å². The summed E-state index contributed by atoms with van der Waals surface area (Å²) in [6, 6.07) is 7.89. The molecule has 0 spiro atoms. The van der Waals surface area contributed by atoms with Gasteiger partial charge in [-0.05, 0) is 38.3 Å². The Bertz CT molecular complexity index is 796. The third-order valence-electron chi connectivity index (χ3n) is 4.43. The highest BCUT2D eigenvalue weighted by Gasteiger charge is 2.33. The number of sulfone groups is 1. The monoisotopic (exact) mass is 366 g/mol. The van der Waals surface area contributed by atoms with E-state index in [0.29, 0.717) is 19.4 Å². The van der Waals surface area contributed by atoms with Crippen molar-refractivity contribution >= 4 is 37.3 Å². The molecule has 3 rings (SSSR count). The topological polar surface area (TPSA) is 67.3 Å². The molecule has 1 unspecified atom stereocenters. The summed E-state index contributed by atoms with van der Waals surface area (Å²) in [4.78, 5) is 18.8. The van der Waals surface area contributed by atoms with E-state index >= 15 is 0 Å². The van der Waals surface area contributed by atoms with Gasteiger partial charge in [-0.3, -0.25) is 4.79 Å². The highest BCUT2D eigenvalue weighted by Crippen LogP contribution is 2.23. The fourth-order valence-corrected chi connectivity index (χ4v) is 5.96. The van der Waals surface area contributed by atoms with Crippen molar-refractivity contribution in [2.45, 2.75) is 38.6 Å². The van der Waals surface area contributed by atoms with Gasteiger partial charge in [0.05, 0.1) is 26.7 Å². The van der Waals surface area contributed by atoms with Gasteiger partial charge in [0.15, 0.2) is 9.84 Å². The first-order chi connectivity index (χ1) is 11.5. The number of hydrogen-bond donors (Lipinski definition) is 0. The van der Waals surface area contributed by atoms with Crippen LogP contribution in [-0.4, -0.2) is 48.3 Å². The van der Waals surface area contributed by atoms with E-state index in [-0.39, 0.29) is 23.5 Å². The number of aryl methyl sites for hydroxylation is 1. The Kier molecular flexibility index (Phi) is 5.20. The summed E-state index contributed by atoms with van der Waals surface area (Å²) in [6.07, 6.45) is 2.54. The maximum atomic E-state index is 12.4. The van der Waals surface area contributed by atoms with Crippen molar-refractivity contribution in [2.24, 2.45) is 0 Å². The van der Waals surface area contributed by atoms with Crippen LogP contribution in [0.3, 0.4) is 0 Å². The molecular formula is C17H22N2O3S2. The molecule has 1 aromatic heterocycles. The Morgan fingerprint density at radius 3 is 2.83 bits per heavy atom. The lowest BCUT2D eigenvalue weighted by atomic mass is 10.1. The zero-order valence-corrected chi connectivity index (χ0v) is 15.4. The molecule has 24 heavy (non-hydrogen) atoms. The lowest BCUT2D eigenvalue weighted by Gasteiger charge is -2.26. The average molecular weight is 367 g/mol. The molecule has 1 aliphatic rings. The summed E-state index contributed by atoms with van der Waals surface area (Å²) >= 11 is 1.67. The minimum atomic E-state index is -2.96. The minimum Gasteiger partial charge on any atom is -0.339 e. The van der Waals surface area contributed by atoms with Gasteiger partial charge in [0.25, 0.3) is 0 Å². The van der Waals surface area contributed by atoms with Crippen molar-refractivity contribution in [2.75, 3.05) is 18.1 Å². The van der Waals surface area contributed by atoms with E-state index in [1.807, 2.05) is 25.1 Å². The van der Waals surface area contributed by atoms with Crippen LogP contribution in [0, 0.1) is 0 Å². The van der Waals surface area contributed by atoms with Crippen LogP contribution >= 0.6 is 11.3 Å². The molecule has 1 amide bonds. The molecule has 0 radical (unpaired) electrons. The number of carbonyl (C=O) groups is 1. The van der Waals surface area contributed by atoms with Crippen LogP contribution in [0.2, 0.25) is 0 Å². The molecule has 0 N–H and O–H groups in total. The van der Waals surface area contributed by atoms with Gasteiger partial charge >= 0.3 is 0 Å². The summed E-state index contributed by atoms with van der Waals surface area (Å²) in [7, 11) is -2.96. The smallest absolute Gasteiger partial charge is 0.222 e. The van der Waals surface area contributed by atoms with Crippen LogP contribution in [0.25, 0.3) is 10.2 Å². The third kappa shape index (κ3) is 3.95. The number of nitrogens with zero attached hydrogens (tertiary/aromatic N) is 2. The molecule has 1 atom stereocenters. The Morgan fingerprint density at radius 2 is 2.17 bits per heavy atom. The van der Waals surface area contributed by atoms with Crippen molar-refractivity contribution < 1.29 is 13.2 Å². The number of thiazole rings is 1. The van der Waals surface area contributed by atoms with E-state index in [2.05, 4.69) is 11.1 Å². The van der Waals surface area contributed by atoms with Gasteiger partial charge < -0.3 is 4.90 Å². The number of hydrogen-bond acceptors (Lipinski definition) is 5. The van der Waals surface area contributed by atoms with Crippen molar-refractivity contribution in [3.05, 3.63) is 29.3 Å². The first kappa shape index (κ1) is 17.4.